The predicted molar refractivity (Wildman–Crippen MR) is 114 cm³/mol. The van der Waals surface area contributed by atoms with Crippen LogP contribution in [0.4, 0.5) is 0 Å². The average molecular weight is 395 g/mol. The molecule has 2 N–H and O–H groups in total. The van der Waals surface area contributed by atoms with Crippen LogP contribution in [0, 0.1) is 0 Å². The second kappa shape index (κ2) is 8.19. The first-order valence-electron chi connectivity index (χ1n) is 9.35. The number of hydrogen-bond acceptors (Lipinski definition) is 4. The summed E-state index contributed by atoms with van der Waals surface area (Å²) in [5, 5.41) is 9.71. The van der Waals surface area contributed by atoms with Gasteiger partial charge in [0.1, 0.15) is 0 Å². The quantitative estimate of drug-likeness (QED) is 0.617. The summed E-state index contributed by atoms with van der Waals surface area (Å²) in [5.41, 5.74) is 9.42. The van der Waals surface area contributed by atoms with Crippen LogP contribution >= 0.6 is 11.8 Å². The smallest absolute Gasteiger partial charge is 0.248 e. The van der Waals surface area contributed by atoms with Gasteiger partial charge < -0.3 is 10.3 Å². The Morgan fingerprint density at radius 1 is 1.04 bits per heavy atom. The molecule has 0 aliphatic heterocycles. The molecule has 0 bridgehead atoms. The zero-order valence-corrected chi connectivity index (χ0v) is 17.6. The molecule has 0 aliphatic carbocycles. The molecule has 0 unspecified atom stereocenters. The van der Waals surface area contributed by atoms with E-state index in [9.17, 15) is 4.79 Å². The van der Waals surface area contributed by atoms with E-state index in [0.717, 1.165) is 34.4 Å². The third-order valence-corrected chi connectivity index (χ3v) is 5.69. The molecule has 3 aromatic rings. The lowest BCUT2D eigenvalue weighted by Gasteiger charge is -2.19. The van der Waals surface area contributed by atoms with E-state index in [-0.39, 0.29) is 5.41 Å². The van der Waals surface area contributed by atoms with Gasteiger partial charge in [0.2, 0.25) is 5.91 Å². The lowest BCUT2D eigenvalue weighted by atomic mass is 9.87. The van der Waals surface area contributed by atoms with Gasteiger partial charge in [-0.2, -0.15) is 0 Å². The minimum atomic E-state index is -0.410. The van der Waals surface area contributed by atoms with E-state index in [0.29, 0.717) is 5.56 Å². The van der Waals surface area contributed by atoms with Crippen LogP contribution in [-0.2, 0) is 17.7 Å². The largest absolute Gasteiger partial charge is 0.366 e. The molecule has 0 radical (unpaired) electrons. The number of nitrogens with zero attached hydrogens (tertiary/aromatic N) is 3. The summed E-state index contributed by atoms with van der Waals surface area (Å²) in [7, 11) is 0. The van der Waals surface area contributed by atoms with Crippen LogP contribution in [0.2, 0.25) is 0 Å². The van der Waals surface area contributed by atoms with Crippen molar-refractivity contribution < 1.29 is 4.79 Å². The Morgan fingerprint density at radius 3 is 2.21 bits per heavy atom. The molecule has 6 heteroatoms. The lowest BCUT2D eigenvalue weighted by molar-refractivity contribution is 0.100. The van der Waals surface area contributed by atoms with Crippen LogP contribution in [0.25, 0.3) is 11.4 Å². The Balaban J connectivity index is 1.77. The van der Waals surface area contributed by atoms with E-state index in [1.165, 1.54) is 5.56 Å². The molecule has 5 nitrogen and oxygen atoms in total. The summed E-state index contributed by atoms with van der Waals surface area (Å²) in [6.07, 6.45) is 0. The Kier molecular flexibility index (Phi) is 5.89. The minimum absolute atomic E-state index is 0.127. The first-order chi connectivity index (χ1) is 13.3. The molecule has 0 saturated heterocycles. The molecule has 1 amide bonds. The molecule has 28 heavy (non-hydrogen) atoms. The molecular weight excluding hydrogens is 368 g/mol. The van der Waals surface area contributed by atoms with Gasteiger partial charge in [-0.15, -0.1) is 10.2 Å². The van der Waals surface area contributed by atoms with Gasteiger partial charge in [-0.1, -0.05) is 68.9 Å². The first kappa shape index (κ1) is 20.1. The molecule has 3 rings (SSSR count). The van der Waals surface area contributed by atoms with E-state index >= 15 is 0 Å². The number of primary amides is 1. The molecule has 0 saturated carbocycles. The van der Waals surface area contributed by atoms with Crippen molar-refractivity contribution in [2.45, 2.75) is 50.6 Å². The fourth-order valence-corrected chi connectivity index (χ4v) is 3.88. The standard InChI is InChI=1S/C22H26N4OS/c1-5-26-20(17-10-12-18(13-11-17)22(2,3)4)24-25-21(26)28-14-15-6-8-16(9-7-15)19(23)27/h6-13H,5,14H2,1-4H3,(H2,23,27). The third-order valence-electron chi connectivity index (χ3n) is 4.65. The van der Waals surface area contributed by atoms with Crippen molar-refractivity contribution in [2.75, 3.05) is 0 Å². The number of rotatable bonds is 6. The summed E-state index contributed by atoms with van der Waals surface area (Å²) in [4.78, 5) is 11.2. The molecule has 1 heterocycles. The molecule has 2 aromatic carbocycles. The van der Waals surface area contributed by atoms with Crippen molar-refractivity contribution in [2.24, 2.45) is 5.73 Å². The van der Waals surface area contributed by atoms with Crippen LogP contribution in [0.3, 0.4) is 0 Å². The van der Waals surface area contributed by atoms with Crippen LogP contribution in [-0.4, -0.2) is 20.7 Å². The summed E-state index contributed by atoms with van der Waals surface area (Å²) >= 11 is 1.64. The maximum atomic E-state index is 11.2. The van der Waals surface area contributed by atoms with Gasteiger partial charge in [0.15, 0.2) is 11.0 Å². The highest BCUT2D eigenvalue weighted by atomic mass is 32.2. The number of carbonyl (C=O) groups excluding carboxylic acids is 1. The van der Waals surface area contributed by atoms with Gasteiger partial charge in [-0.05, 0) is 35.6 Å². The number of benzene rings is 2. The third kappa shape index (κ3) is 4.44. The maximum absolute atomic E-state index is 11.2. The van der Waals surface area contributed by atoms with E-state index < -0.39 is 5.91 Å². The van der Waals surface area contributed by atoms with Gasteiger partial charge >= 0.3 is 0 Å². The SMILES string of the molecule is CCn1c(SCc2ccc(C(N)=O)cc2)nnc1-c1ccc(C(C)(C)C)cc1. The summed E-state index contributed by atoms with van der Waals surface area (Å²) in [6, 6.07) is 15.9. The Morgan fingerprint density at radius 2 is 1.68 bits per heavy atom. The van der Waals surface area contributed by atoms with Crippen molar-refractivity contribution in [1.29, 1.82) is 0 Å². The van der Waals surface area contributed by atoms with Crippen molar-refractivity contribution in [3.05, 3.63) is 65.2 Å². The Hall–Kier alpha value is -2.60. The second-order valence-electron chi connectivity index (χ2n) is 7.73. The lowest BCUT2D eigenvalue weighted by Crippen LogP contribution is -2.10. The number of nitrogens with two attached hydrogens (primary N) is 1. The second-order valence-corrected chi connectivity index (χ2v) is 8.67. The van der Waals surface area contributed by atoms with Crippen molar-refractivity contribution in [1.82, 2.24) is 14.8 Å². The van der Waals surface area contributed by atoms with Crippen molar-refractivity contribution in [3.63, 3.8) is 0 Å². The predicted octanol–water partition coefficient (Wildman–Crippen LogP) is 4.65. The number of aromatic nitrogens is 3. The zero-order valence-electron chi connectivity index (χ0n) is 16.8. The highest BCUT2D eigenvalue weighted by molar-refractivity contribution is 7.98. The van der Waals surface area contributed by atoms with E-state index in [1.54, 1.807) is 23.9 Å². The van der Waals surface area contributed by atoms with Gasteiger partial charge in [0, 0.05) is 23.4 Å². The van der Waals surface area contributed by atoms with Crippen LogP contribution in [0.1, 0.15) is 49.2 Å². The van der Waals surface area contributed by atoms with Gasteiger partial charge in [-0.25, -0.2) is 0 Å². The molecule has 1 aromatic heterocycles. The van der Waals surface area contributed by atoms with Crippen molar-refractivity contribution >= 4 is 17.7 Å². The molecule has 146 valence electrons. The van der Waals surface area contributed by atoms with Gasteiger partial charge in [0.05, 0.1) is 0 Å². The van der Waals surface area contributed by atoms with E-state index in [1.807, 2.05) is 12.1 Å². The summed E-state index contributed by atoms with van der Waals surface area (Å²) in [6.45, 7) is 9.53. The zero-order chi connectivity index (χ0) is 20.3. The molecular formula is C22H26N4OS. The topological polar surface area (TPSA) is 73.8 Å². The van der Waals surface area contributed by atoms with E-state index in [4.69, 9.17) is 5.73 Å². The van der Waals surface area contributed by atoms with Gasteiger partial charge in [-0.3, -0.25) is 4.79 Å². The molecule has 0 aliphatic rings. The Bertz CT molecular complexity index is 954. The van der Waals surface area contributed by atoms with Gasteiger partial charge in [0.25, 0.3) is 0 Å². The fraction of sp³-hybridized carbons (Fsp3) is 0.318. The minimum Gasteiger partial charge on any atom is -0.366 e. The maximum Gasteiger partial charge on any atom is 0.248 e. The fourth-order valence-electron chi connectivity index (χ4n) is 2.93. The van der Waals surface area contributed by atoms with E-state index in [2.05, 4.69) is 66.7 Å². The van der Waals surface area contributed by atoms with Crippen LogP contribution < -0.4 is 5.73 Å². The number of hydrogen-bond donors (Lipinski definition) is 1. The number of amides is 1. The normalized spacial score (nSPS) is 11.6. The first-order valence-corrected chi connectivity index (χ1v) is 10.3. The average Bonchev–Trinajstić information content (AvgIpc) is 3.09. The highest BCUT2D eigenvalue weighted by Gasteiger charge is 2.16. The number of carbonyl (C=O) groups is 1. The monoisotopic (exact) mass is 394 g/mol. The molecule has 0 spiro atoms. The highest BCUT2D eigenvalue weighted by Crippen LogP contribution is 2.28. The van der Waals surface area contributed by atoms with Crippen LogP contribution in [0.15, 0.2) is 53.7 Å². The van der Waals surface area contributed by atoms with Crippen LogP contribution in [0.5, 0.6) is 0 Å². The Labute approximate surface area is 170 Å². The molecule has 0 atom stereocenters. The molecule has 0 fully saturated rings. The number of thioether (sulfide) groups is 1. The summed E-state index contributed by atoms with van der Waals surface area (Å²) < 4.78 is 2.13. The summed E-state index contributed by atoms with van der Waals surface area (Å²) in [5.74, 6) is 1.22. The van der Waals surface area contributed by atoms with Crippen molar-refractivity contribution in [3.8, 4) is 11.4 Å².